The molecule has 6 heteroatoms. The summed E-state index contributed by atoms with van der Waals surface area (Å²) in [5.74, 6) is -0.215. The van der Waals surface area contributed by atoms with Crippen LogP contribution >= 0.6 is 22.9 Å². The van der Waals surface area contributed by atoms with Gasteiger partial charge in [-0.1, -0.05) is 28.9 Å². The molecule has 0 fully saturated rings. The van der Waals surface area contributed by atoms with Crippen LogP contribution in [-0.2, 0) is 0 Å². The van der Waals surface area contributed by atoms with Crippen molar-refractivity contribution in [2.24, 2.45) is 5.16 Å². The van der Waals surface area contributed by atoms with Crippen molar-refractivity contribution in [2.45, 2.75) is 6.92 Å². The maximum absolute atomic E-state index is 11.9. The number of amides is 1. The minimum atomic E-state index is -0.215. The van der Waals surface area contributed by atoms with E-state index >= 15 is 0 Å². The Bertz CT molecular complexity index is 637. The predicted octanol–water partition coefficient (Wildman–Crippen LogP) is 3.85. The Balaban J connectivity index is 2.17. The number of rotatable bonds is 3. The standard InChI is InChI=1S/C13H11ClN2O2S/c1-8(16-18)9-3-2-4-10(7-9)15-13(17)11-5-6-12(14)19-11/h2-7,18H,1H3,(H,15,17). The van der Waals surface area contributed by atoms with Gasteiger partial charge in [-0.15, -0.1) is 11.3 Å². The Morgan fingerprint density at radius 2 is 2.16 bits per heavy atom. The highest BCUT2D eigenvalue weighted by Gasteiger charge is 2.09. The number of carbonyl (C=O) groups excluding carboxylic acids is 1. The Morgan fingerprint density at radius 3 is 2.79 bits per heavy atom. The van der Waals surface area contributed by atoms with Gasteiger partial charge in [0, 0.05) is 11.3 Å². The molecule has 0 aliphatic heterocycles. The van der Waals surface area contributed by atoms with Gasteiger partial charge in [-0.2, -0.15) is 0 Å². The quantitative estimate of drug-likeness (QED) is 0.513. The zero-order chi connectivity index (χ0) is 13.8. The molecule has 0 aliphatic rings. The van der Waals surface area contributed by atoms with Crippen molar-refractivity contribution in [1.82, 2.24) is 0 Å². The molecule has 4 nitrogen and oxygen atoms in total. The third-order valence-electron chi connectivity index (χ3n) is 2.49. The lowest BCUT2D eigenvalue weighted by Gasteiger charge is -2.05. The van der Waals surface area contributed by atoms with E-state index in [4.69, 9.17) is 16.8 Å². The number of nitrogens with zero attached hydrogens (tertiary/aromatic N) is 1. The molecule has 1 amide bonds. The molecule has 0 bridgehead atoms. The topological polar surface area (TPSA) is 61.7 Å². The van der Waals surface area contributed by atoms with Gasteiger partial charge in [0.05, 0.1) is 14.9 Å². The summed E-state index contributed by atoms with van der Waals surface area (Å²) in [6, 6.07) is 10.4. The van der Waals surface area contributed by atoms with Crippen LogP contribution in [0, 0.1) is 0 Å². The molecule has 0 spiro atoms. The average Bonchev–Trinajstić information content (AvgIpc) is 2.85. The van der Waals surface area contributed by atoms with E-state index < -0.39 is 0 Å². The fourth-order valence-electron chi connectivity index (χ4n) is 1.51. The summed E-state index contributed by atoms with van der Waals surface area (Å²) < 4.78 is 0.571. The Kier molecular flexibility index (Phi) is 4.19. The molecule has 0 aliphatic carbocycles. The zero-order valence-corrected chi connectivity index (χ0v) is 11.6. The van der Waals surface area contributed by atoms with Gasteiger partial charge in [0.15, 0.2) is 0 Å². The lowest BCUT2D eigenvalue weighted by atomic mass is 10.1. The van der Waals surface area contributed by atoms with E-state index in [9.17, 15) is 4.79 Å². The molecule has 2 rings (SSSR count). The first-order valence-electron chi connectivity index (χ1n) is 5.46. The van der Waals surface area contributed by atoms with E-state index in [0.717, 1.165) is 5.56 Å². The van der Waals surface area contributed by atoms with Crippen LogP contribution in [-0.4, -0.2) is 16.8 Å². The normalized spacial score (nSPS) is 11.4. The molecule has 2 N–H and O–H groups in total. The highest BCUT2D eigenvalue weighted by molar-refractivity contribution is 7.18. The van der Waals surface area contributed by atoms with Gasteiger partial charge < -0.3 is 10.5 Å². The van der Waals surface area contributed by atoms with Gasteiger partial charge in [0.2, 0.25) is 0 Å². The molecule has 0 atom stereocenters. The highest BCUT2D eigenvalue weighted by Crippen LogP contribution is 2.22. The fourth-order valence-corrected chi connectivity index (χ4v) is 2.45. The van der Waals surface area contributed by atoms with Gasteiger partial charge in [-0.05, 0) is 31.2 Å². The summed E-state index contributed by atoms with van der Waals surface area (Å²) in [6.45, 7) is 1.68. The molecule has 1 heterocycles. The first-order chi connectivity index (χ1) is 9.10. The van der Waals surface area contributed by atoms with Crippen LogP contribution in [0.4, 0.5) is 5.69 Å². The van der Waals surface area contributed by atoms with Crippen molar-refractivity contribution in [3.8, 4) is 0 Å². The minimum absolute atomic E-state index is 0.215. The van der Waals surface area contributed by atoms with Crippen molar-refractivity contribution in [3.63, 3.8) is 0 Å². The smallest absolute Gasteiger partial charge is 0.265 e. The van der Waals surface area contributed by atoms with Crippen LogP contribution < -0.4 is 5.32 Å². The van der Waals surface area contributed by atoms with Crippen LogP contribution in [0.2, 0.25) is 4.34 Å². The van der Waals surface area contributed by atoms with E-state index in [0.29, 0.717) is 20.6 Å². The van der Waals surface area contributed by atoms with Crippen LogP contribution in [0.25, 0.3) is 0 Å². The molecule has 1 aromatic carbocycles. The number of benzene rings is 1. The molecule has 1 aromatic heterocycles. The summed E-state index contributed by atoms with van der Waals surface area (Å²) >= 11 is 7.01. The Labute approximate surface area is 119 Å². The van der Waals surface area contributed by atoms with Gasteiger partial charge in [0.25, 0.3) is 5.91 Å². The van der Waals surface area contributed by atoms with E-state index in [1.807, 2.05) is 0 Å². The first-order valence-corrected chi connectivity index (χ1v) is 6.65. The Hall–Kier alpha value is -1.85. The lowest BCUT2D eigenvalue weighted by Crippen LogP contribution is -2.10. The van der Waals surface area contributed by atoms with E-state index in [1.165, 1.54) is 11.3 Å². The number of anilines is 1. The molecule has 19 heavy (non-hydrogen) atoms. The largest absolute Gasteiger partial charge is 0.411 e. The van der Waals surface area contributed by atoms with Gasteiger partial charge in [-0.25, -0.2) is 0 Å². The average molecular weight is 295 g/mol. The predicted molar refractivity (Wildman–Crippen MR) is 77.7 cm³/mol. The monoisotopic (exact) mass is 294 g/mol. The van der Waals surface area contributed by atoms with Crippen molar-refractivity contribution >= 4 is 40.2 Å². The van der Waals surface area contributed by atoms with Crippen molar-refractivity contribution in [3.05, 3.63) is 51.2 Å². The number of oxime groups is 1. The second-order valence-corrected chi connectivity index (χ2v) is 5.54. The summed E-state index contributed by atoms with van der Waals surface area (Å²) in [5.41, 5.74) is 1.86. The van der Waals surface area contributed by atoms with Gasteiger partial charge >= 0.3 is 0 Å². The number of nitrogens with one attached hydrogen (secondary N) is 1. The number of hydrogen-bond donors (Lipinski definition) is 2. The first kappa shape index (κ1) is 13.6. The van der Waals surface area contributed by atoms with Crippen LogP contribution in [0.3, 0.4) is 0 Å². The number of hydrogen-bond acceptors (Lipinski definition) is 4. The summed E-state index contributed by atoms with van der Waals surface area (Å²) in [5, 5.41) is 14.6. The SMILES string of the molecule is CC(=NO)c1cccc(NC(=O)c2ccc(Cl)s2)c1. The maximum Gasteiger partial charge on any atom is 0.265 e. The third-order valence-corrected chi connectivity index (χ3v) is 3.72. The molecule has 0 unspecified atom stereocenters. The summed E-state index contributed by atoms with van der Waals surface area (Å²) in [6.07, 6.45) is 0. The second kappa shape index (κ2) is 5.86. The molecule has 2 aromatic rings. The van der Waals surface area contributed by atoms with E-state index in [1.54, 1.807) is 43.3 Å². The van der Waals surface area contributed by atoms with Gasteiger partial charge in [-0.3, -0.25) is 4.79 Å². The maximum atomic E-state index is 11.9. The molecular weight excluding hydrogens is 284 g/mol. The van der Waals surface area contributed by atoms with Gasteiger partial charge in [0.1, 0.15) is 0 Å². The zero-order valence-electron chi connectivity index (χ0n) is 10.1. The Morgan fingerprint density at radius 1 is 1.37 bits per heavy atom. The van der Waals surface area contributed by atoms with Crippen LogP contribution in [0.15, 0.2) is 41.6 Å². The molecule has 98 valence electrons. The number of halogens is 1. The summed E-state index contributed by atoms with van der Waals surface area (Å²) in [7, 11) is 0. The van der Waals surface area contributed by atoms with Crippen LogP contribution in [0.1, 0.15) is 22.2 Å². The molecule has 0 saturated carbocycles. The fraction of sp³-hybridized carbons (Fsp3) is 0.0769. The third kappa shape index (κ3) is 3.33. The van der Waals surface area contributed by atoms with E-state index in [-0.39, 0.29) is 5.91 Å². The van der Waals surface area contributed by atoms with Crippen LogP contribution in [0.5, 0.6) is 0 Å². The number of thiophene rings is 1. The van der Waals surface area contributed by atoms with Crippen molar-refractivity contribution in [1.29, 1.82) is 0 Å². The molecular formula is C13H11ClN2O2S. The highest BCUT2D eigenvalue weighted by atomic mass is 35.5. The molecule has 0 saturated heterocycles. The van der Waals surface area contributed by atoms with Crippen molar-refractivity contribution in [2.75, 3.05) is 5.32 Å². The van der Waals surface area contributed by atoms with E-state index in [2.05, 4.69) is 10.5 Å². The lowest BCUT2D eigenvalue weighted by molar-refractivity contribution is 0.103. The number of carbonyl (C=O) groups is 1. The minimum Gasteiger partial charge on any atom is -0.411 e. The van der Waals surface area contributed by atoms with Crippen molar-refractivity contribution < 1.29 is 10.0 Å². The second-order valence-electron chi connectivity index (χ2n) is 3.82. The summed E-state index contributed by atoms with van der Waals surface area (Å²) in [4.78, 5) is 12.5. The molecule has 0 radical (unpaired) electrons.